The van der Waals surface area contributed by atoms with Crippen molar-refractivity contribution < 1.29 is 18.3 Å². The third kappa shape index (κ3) is 2.13. The highest BCUT2D eigenvalue weighted by Gasteiger charge is 2.49. The summed E-state index contributed by atoms with van der Waals surface area (Å²) < 4.78 is 37.8. The van der Waals surface area contributed by atoms with Gasteiger partial charge in [0.1, 0.15) is 0 Å². The van der Waals surface area contributed by atoms with Crippen LogP contribution in [0.1, 0.15) is 42.9 Å². The summed E-state index contributed by atoms with van der Waals surface area (Å²) >= 11 is 0. The molecule has 2 atom stereocenters. The van der Waals surface area contributed by atoms with Crippen LogP contribution in [0, 0.1) is 0 Å². The molecule has 1 aromatic carbocycles. The minimum Gasteiger partial charge on any atom is -0.394 e. The lowest BCUT2D eigenvalue weighted by atomic mass is 9.95. The Labute approximate surface area is 116 Å². The van der Waals surface area contributed by atoms with Gasteiger partial charge < -0.3 is 5.11 Å². The zero-order valence-corrected chi connectivity index (χ0v) is 11.2. The molecule has 0 saturated carbocycles. The molecule has 2 heterocycles. The van der Waals surface area contributed by atoms with Gasteiger partial charge in [-0.3, -0.25) is 4.90 Å². The SMILES string of the molecule is OCC12CCCN1C(c1ccc(C(F)(F)F)cc1)CC2. The van der Waals surface area contributed by atoms with E-state index in [1.165, 1.54) is 0 Å². The molecule has 20 heavy (non-hydrogen) atoms. The van der Waals surface area contributed by atoms with Crippen LogP contribution in [0.2, 0.25) is 0 Å². The molecule has 2 nitrogen and oxygen atoms in total. The summed E-state index contributed by atoms with van der Waals surface area (Å²) in [5, 5.41) is 9.65. The van der Waals surface area contributed by atoms with Gasteiger partial charge in [-0.15, -0.1) is 0 Å². The van der Waals surface area contributed by atoms with Crippen molar-refractivity contribution in [1.82, 2.24) is 4.90 Å². The Morgan fingerprint density at radius 3 is 2.50 bits per heavy atom. The zero-order valence-electron chi connectivity index (χ0n) is 11.2. The van der Waals surface area contributed by atoms with Gasteiger partial charge >= 0.3 is 6.18 Å². The number of nitrogens with zero attached hydrogens (tertiary/aromatic N) is 1. The van der Waals surface area contributed by atoms with Crippen LogP contribution < -0.4 is 0 Å². The van der Waals surface area contributed by atoms with Gasteiger partial charge in [-0.25, -0.2) is 0 Å². The monoisotopic (exact) mass is 285 g/mol. The molecule has 2 unspecified atom stereocenters. The van der Waals surface area contributed by atoms with Gasteiger partial charge in [0.15, 0.2) is 0 Å². The summed E-state index contributed by atoms with van der Waals surface area (Å²) in [4.78, 5) is 2.29. The van der Waals surface area contributed by atoms with Crippen molar-refractivity contribution in [3.8, 4) is 0 Å². The molecule has 2 aliphatic heterocycles. The molecule has 2 fully saturated rings. The van der Waals surface area contributed by atoms with Crippen molar-refractivity contribution in [2.45, 2.75) is 43.4 Å². The van der Waals surface area contributed by atoms with Crippen LogP contribution in [-0.2, 0) is 6.18 Å². The molecule has 0 bridgehead atoms. The third-order valence-corrected chi connectivity index (χ3v) is 4.83. The summed E-state index contributed by atoms with van der Waals surface area (Å²) in [6.45, 7) is 1.07. The summed E-state index contributed by atoms with van der Waals surface area (Å²) in [7, 11) is 0. The minimum absolute atomic E-state index is 0.132. The molecule has 0 amide bonds. The fourth-order valence-electron chi connectivity index (χ4n) is 3.77. The normalized spacial score (nSPS) is 30.7. The van der Waals surface area contributed by atoms with Crippen molar-refractivity contribution in [1.29, 1.82) is 0 Å². The lowest BCUT2D eigenvalue weighted by molar-refractivity contribution is -0.137. The van der Waals surface area contributed by atoms with E-state index in [2.05, 4.69) is 4.90 Å². The fraction of sp³-hybridized carbons (Fsp3) is 0.600. The van der Waals surface area contributed by atoms with Crippen molar-refractivity contribution in [2.75, 3.05) is 13.2 Å². The Kier molecular flexibility index (Phi) is 3.29. The maximum Gasteiger partial charge on any atom is 0.416 e. The second kappa shape index (κ2) is 4.74. The highest BCUT2D eigenvalue weighted by atomic mass is 19.4. The van der Waals surface area contributed by atoms with E-state index in [1.807, 2.05) is 0 Å². The van der Waals surface area contributed by atoms with Crippen molar-refractivity contribution in [2.24, 2.45) is 0 Å². The van der Waals surface area contributed by atoms with Crippen LogP contribution in [0.25, 0.3) is 0 Å². The second-order valence-electron chi connectivity index (χ2n) is 5.85. The van der Waals surface area contributed by atoms with E-state index in [1.54, 1.807) is 12.1 Å². The summed E-state index contributed by atoms with van der Waals surface area (Å²) in [6.07, 6.45) is -0.407. The number of benzene rings is 1. The van der Waals surface area contributed by atoms with E-state index < -0.39 is 11.7 Å². The summed E-state index contributed by atoms with van der Waals surface area (Å²) in [5.41, 5.74) is 0.192. The quantitative estimate of drug-likeness (QED) is 0.900. The van der Waals surface area contributed by atoms with Gasteiger partial charge in [0, 0.05) is 11.6 Å². The number of halogens is 3. The molecule has 0 spiro atoms. The van der Waals surface area contributed by atoms with E-state index in [-0.39, 0.29) is 18.2 Å². The number of aliphatic hydroxyl groups excluding tert-OH is 1. The highest BCUT2D eigenvalue weighted by Crippen LogP contribution is 2.48. The molecule has 0 aromatic heterocycles. The number of rotatable bonds is 2. The summed E-state index contributed by atoms with van der Waals surface area (Å²) in [5.74, 6) is 0. The fourth-order valence-corrected chi connectivity index (χ4v) is 3.77. The van der Waals surface area contributed by atoms with Crippen molar-refractivity contribution in [3.63, 3.8) is 0 Å². The Hall–Kier alpha value is -1.07. The number of hydrogen-bond donors (Lipinski definition) is 1. The van der Waals surface area contributed by atoms with E-state index in [9.17, 15) is 18.3 Å². The molecule has 0 aliphatic carbocycles. The van der Waals surface area contributed by atoms with E-state index >= 15 is 0 Å². The Morgan fingerprint density at radius 1 is 1.20 bits per heavy atom. The van der Waals surface area contributed by atoms with Crippen molar-refractivity contribution in [3.05, 3.63) is 35.4 Å². The molecule has 3 rings (SSSR count). The van der Waals surface area contributed by atoms with Gasteiger partial charge in [0.2, 0.25) is 0 Å². The minimum atomic E-state index is -4.28. The first-order valence-corrected chi connectivity index (χ1v) is 7.01. The maximum atomic E-state index is 12.6. The molecule has 110 valence electrons. The average Bonchev–Trinajstić information content (AvgIpc) is 2.96. The smallest absolute Gasteiger partial charge is 0.394 e. The van der Waals surface area contributed by atoms with Crippen LogP contribution in [0.5, 0.6) is 0 Å². The van der Waals surface area contributed by atoms with E-state index in [4.69, 9.17) is 0 Å². The zero-order chi connectivity index (χ0) is 14.4. The van der Waals surface area contributed by atoms with Gasteiger partial charge in [-0.1, -0.05) is 12.1 Å². The van der Waals surface area contributed by atoms with Crippen LogP contribution in [-0.4, -0.2) is 28.7 Å². The Bertz CT molecular complexity index is 485. The van der Waals surface area contributed by atoms with Crippen molar-refractivity contribution >= 4 is 0 Å². The largest absolute Gasteiger partial charge is 0.416 e. The predicted molar refractivity (Wildman–Crippen MR) is 69.2 cm³/mol. The van der Waals surface area contributed by atoms with E-state index in [0.717, 1.165) is 49.9 Å². The van der Waals surface area contributed by atoms with Gasteiger partial charge in [0.05, 0.1) is 12.2 Å². The Morgan fingerprint density at radius 2 is 1.90 bits per heavy atom. The number of hydrogen-bond acceptors (Lipinski definition) is 2. The molecule has 2 saturated heterocycles. The van der Waals surface area contributed by atoms with Crippen LogP contribution in [0.3, 0.4) is 0 Å². The molecule has 0 radical (unpaired) electrons. The first-order chi connectivity index (χ1) is 9.46. The molecule has 1 aromatic rings. The van der Waals surface area contributed by atoms with E-state index in [0.29, 0.717) is 0 Å². The summed E-state index contributed by atoms with van der Waals surface area (Å²) in [6, 6.07) is 5.62. The van der Waals surface area contributed by atoms with Crippen LogP contribution in [0.15, 0.2) is 24.3 Å². The molecular weight excluding hydrogens is 267 g/mol. The second-order valence-corrected chi connectivity index (χ2v) is 5.85. The van der Waals surface area contributed by atoms with Gasteiger partial charge in [-0.05, 0) is 49.9 Å². The predicted octanol–water partition coefficient (Wildman–Crippen LogP) is 3.37. The standard InChI is InChI=1S/C15H18F3NO/c16-15(17,18)12-4-2-11(3-5-12)13-6-8-14(10-20)7-1-9-19(13)14/h2-5,13,20H,1,6-10H2. The number of fused-ring (bicyclic) bond motifs is 1. The highest BCUT2D eigenvalue weighted by molar-refractivity contribution is 5.28. The molecule has 5 heteroatoms. The first-order valence-electron chi connectivity index (χ1n) is 7.01. The van der Waals surface area contributed by atoms with Gasteiger partial charge in [0.25, 0.3) is 0 Å². The molecular formula is C15H18F3NO. The first kappa shape index (κ1) is 13.9. The van der Waals surface area contributed by atoms with Gasteiger partial charge in [-0.2, -0.15) is 13.2 Å². The molecule has 2 aliphatic rings. The third-order valence-electron chi connectivity index (χ3n) is 4.83. The lowest BCUT2D eigenvalue weighted by Gasteiger charge is -2.33. The Balaban J connectivity index is 1.84. The molecule has 1 N–H and O–H groups in total. The maximum absolute atomic E-state index is 12.6. The lowest BCUT2D eigenvalue weighted by Crippen LogP contribution is -2.42. The topological polar surface area (TPSA) is 23.5 Å². The average molecular weight is 285 g/mol. The number of aliphatic hydroxyl groups is 1. The number of alkyl halides is 3. The van der Waals surface area contributed by atoms with Crippen LogP contribution >= 0.6 is 0 Å². The van der Waals surface area contributed by atoms with Crippen LogP contribution in [0.4, 0.5) is 13.2 Å².